The van der Waals surface area contributed by atoms with Crippen LogP contribution in [0.3, 0.4) is 0 Å². The highest BCUT2D eigenvalue weighted by Gasteiger charge is 2.22. The molecule has 0 amide bonds. The average molecular weight is 377 g/mol. The molecule has 21 heavy (non-hydrogen) atoms. The van der Waals surface area contributed by atoms with Gasteiger partial charge in [0.1, 0.15) is 16.5 Å². The number of benzene rings is 1. The lowest BCUT2D eigenvalue weighted by atomic mass is 10.2. The van der Waals surface area contributed by atoms with E-state index in [4.69, 9.17) is 0 Å². The number of hydrogen-bond acceptors (Lipinski definition) is 3. The molecule has 0 unspecified atom stereocenters. The summed E-state index contributed by atoms with van der Waals surface area (Å²) in [4.78, 5) is 3.78. The lowest BCUT2D eigenvalue weighted by Gasteiger charge is -2.17. The van der Waals surface area contributed by atoms with Crippen LogP contribution in [0, 0.1) is 11.6 Å². The van der Waals surface area contributed by atoms with Crippen LogP contribution in [0.25, 0.3) is 0 Å². The van der Waals surface area contributed by atoms with Crippen molar-refractivity contribution in [2.24, 2.45) is 0 Å². The molecule has 1 heterocycles. The lowest BCUT2D eigenvalue weighted by molar-refractivity contribution is 0.454. The molecule has 1 aromatic heterocycles. The zero-order valence-electron chi connectivity index (χ0n) is 10.9. The fraction of sp³-hybridized carbons (Fsp3) is 0.154. The number of hydrogen-bond donors (Lipinski definition) is 0. The Kier molecular flexibility index (Phi) is 4.70. The van der Waals surface area contributed by atoms with Crippen molar-refractivity contribution in [3.05, 3.63) is 58.3 Å². The highest BCUT2D eigenvalue weighted by molar-refractivity contribution is 9.10. The molecule has 0 aliphatic carbocycles. The molecule has 112 valence electrons. The van der Waals surface area contributed by atoms with Gasteiger partial charge >= 0.3 is 0 Å². The second kappa shape index (κ2) is 6.17. The molecule has 0 fully saturated rings. The maximum atomic E-state index is 13.6. The third kappa shape index (κ3) is 3.63. The predicted molar refractivity (Wildman–Crippen MR) is 76.9 cm³/mol. The summed E-state index contributed by atoms with van der Waals surface area (Å²) >= 11 is 3.14. The summed E-state index contributed by atoms with van der Waals surface area (Å²) in [6.07, 6.45) is 2.66. The van der Waals surface area contributed by atoms with Gasteiger partial charge in [0, 0.05) is 42.1 Å². The molecular formula is C13H11BrF2N2O2S. The predicted octanol–water partition coefficient (Wildman–Crippen LogP) is 2.94. The van der Waals surface area contributed by atoms with E-state index in [1.165, 1.54) is 31.6 Å². The lowest BCUT2D eigenvalue weighted by Crippen LogP contribution is -2.27. The minimum atomic E-state index is -3.81. The Morgan fingerprint density at radius 1 is 1.24 bits per heavy atom. The molecule has 0 aliphatic heterocycles. The van der Waals surface area contributed by atoms with Crippen LogP contribution >= 0.6 is 15.9 Å². The summed E-state index contributed by atoms with van der Waals surface area (Å²) < 4.78 is 52.6. The number of halogens is 3. The van der Waals surface area contributed by atoms with Gasteiger partial charge in [0.05, 0.1) is 0 Å². The zero-order valence-corrected chi connectivity index (χ0v) is 13.3. The van der Waals surface area contributed by atoms with Gasteiger partial charge in [0.15, 0.2) is 0 Å². The second-order valence-corrected chi connectivity index (χ2v) is 7.30. The van der Waals surface area contributed by atoms with Crippen molar-refractivity contribution in [1.82, 2.24) is 9.29 Å². The van der Waals surface area contributed by atoms with E-state index < -0.39 is 21.7 Å². The smallest absolute Gasteiger partial charge is 0.244 e. The molecular weight excluding hydrogens is 366 g/mol. The fourth-order valence-electron chi connectivity index (χ4n) is 1.69. The Labute approximate surface area is 129 Å². The highest BCUT2D eigenvalue weighted by atomic mass is 79.9. The summed E-state index contributed by atoms with van der Waals surface area (Å²) in [5, 5.41) is 0. The van der Waals surface area contributed by atoms with E-state index in [1.807, 2.05) is 0 Å². The van der Waals surface area contributed by atoms with Crippen LogP contribution in [-0.2, 0) is 16.6 Å². The molecule has 0 saturated carbocycles. The van der Waals surface area contributed by atoms with Crippen molar-refractivity contribution in [2.45, 2.75) is 11.4 Å². The van der Waals surface area contributed by atoms with E-state index in [9.17, 15) is 17.2 Å². The number of nitrogens with zero attached hydrogens (tertiary/aromatic N) is 2. The van der Waals surface area contributed by atoms with Gasteiger partial charge in [0.2, 0.25) is 10.0 Å². The van der Waals surface area contributed by atoms with Gasteiger partial charge < -0.3 is 0 Å². The minimum absolute atomic E-state index is 0.0121. The van der Waals surface area contributed by atoms with Crippen molar-refractivity contribution in [3.63, 3.8) is 0 Å². The topological polar surface area (TPSA) is 50.3 Å². The largest absolute Gasteiger partial charge is 0.262 e. The van der Waals surface area contributed by atoms with Crippen LogP contribution in [0.5, 0.6) is 0 Å². The second-order valence-electron chi connectivity index (χ2n) is 4.34. The molecule has 4 nitrogen and oxygen atoms in total. The van der Waals surface area contributed by atoms with Crippen LogP contribution in [-0.4, -0.2) is 24.8 Å². The molecule has 8 heteroatoms. The number of pyridine rings is 1. The highest BCUT2D eigenvalue weighted by Crippen LogP contribution is 2.20. The number of sulfonamides is 1. The van der Waals surface area contributed by atoms with Crippen LogP contribution in [0.15, 0.2) is 46.0 Å². The summed E-state index contributed by atoms with van der Waals surface area (Å²) in [6, 6.07) is 4.42. The Balaban J connectivity index is 2.28. The molecule has 2 rings (SSSR count). The quantitative estimate of drug-likeness (QED) is 0.824. The van der Waals surface area contributed by atoms with E-state index in [2.05, 4.69) is 20.9 Å². The SMILES string of the molecule is CN(Cc1ccc(F)cc1F)S(=O)(=O)c1cncc(Br)c1. The van der Waals surface area contributed by atoms with Gasteiger partial charge in [-0.25, -0.2) is 17.2 Å². The van der Waals surface area contributed by atoms with Crippen LogP contribution in [0.2, 0.25) is 0 Å². The summed E-state index contributed by atoms with van der Waals surface area (Å²) in [5.74, 6) is -1.50. The summed E-state index contributed by atoms with van der Waals surface area (Å²) in [5.41, 5.74) is 0.0884. The van der Waals surface area contributed by atoms with Gasteiger partial charge in [-0.2, -0.15) is 4.31 Å². The number of rotatable bonds is 4. The standard InChI is InChI=1S/C13H11BrF2N2O2S/c1-18(8-9-2-3-11(15)5-13(9)16)21(19,20)12-4-10(14)6-17-7-12/h2-7H,8H2,1H3. The average Bonchev–Trinajstić information content (AvgIpc) is 2.41. The molecule has 1 aromatic carbocycles. The molecule has 0 N–H and O–H groups in total. The van der Waals surface area contributed by atoms with Gasteiger partial charge in [-0.05, 0) is 28.1 Å². The van der Waals surface area contributed by atoms with E-state index >= 15 is 0 Å². The zero-order chi connectivity index (χ0) is 15.6. The van der Waals surface area contributed by atoms with Crippen molar-refractivity contribution in [1.29, 1.82) is 0 Å². The molecule has 0 radical (unpaired) electrons. The molecule has 0 saturated heterocycles. The third-order valence-corrected chi connectivity index (χ3v) is 5.00. The van der Waals surface area contributed by atoms with Crippen LogP contribution in [0.4, 0.5) is 8.78 Å². The van der Waals surface area contributed by atoms with E-state index in [-0.39, 0.29) is 17.0 Å². The maximum Gasteiger partial charge on any atom is 0.244 e. The fourth-order valence-corrected chi connectivity index (χ4v) is 3.34. The van der Waals surface area contributed by atoms with Gasteiger partial charge in [-0.15, -0.1) is 0 Å². The Bertz CT molecular complexity index is 769. The van der Waals surface area contributed by atoms with E-state index in [0.717, 1.165) is 16.4 Å². The van der Waals surface area contributed by atoms with Crippen LogP contribution in [0.1, 0.15) is 5.56 Å². The van der Waals surface area contributed by atoms with E-state index in [0.29, 0.717) is 4.47 Å². The van der Waals surface area contributed by atoms with E-state index in [1.54, 1.807) is 0 Å². The summed E-state index contributed by atoms with van der Waals surface area (Å²) in [7, 11) is -2.49. The first-order valence-corrected chi connectivity index (χ1v) is 8.05. The summed E-state index contributed by atoms with van der Waals surface area (Å²) in [6.45, 7) is -0.207. The van der Waals surface area contributed by atoms with Crippen molar-refractivity contribution in [2.75, 3.05) is 7.05 Å². The minimum Gasteiger partial charge on any atom is -0.262 e. The third-order valence-electron chi connectivity index (χ3n) is 2.80. The Hall–Kier alpha value is -1.38. The van der Waals surface area contributed by atoms with Gasteiger partial charge in [-0.3, -0.25) is 4.98 Å². The molecule has 0 spiro atoms. The van der Waals surface area contributed by atoms with Crippen molar-refractivity contribution in [3.8, 4) is 0 Å². The molecule has 0 bridgehead atoms. The van der Waals surface area contributed by atoms with Crippen molar-refractivity contribution < 1.29 is 17.2 Å². The first kappa shape index (κ1) is 16.0. The Morgan fingerprint density at radius 3 is 2.57 bits per heavy atom. The number of aromatic nitrogens is 1. The monoisotopic (exact) mass is 376 g/mol. The van der Waals surface area contributed by atoms with Crippen molar-refractivity contribution >= 4 is 26.0 Å². The molecule has 2 aromatic rings. The first-order valence-electron chi connectivity index (χ1n) is 5.81. The van der Waals surface area contributed by atoms with Gasteiger partial charge in [-0.1, -0.05) is 6.07 Å². The maximum absolute atomic E-state index is 13.6. The van der Waals surface area contributed by atoms with Gasteiger partial charge in [0.25, 0.3) is 0 Å². The molecule has 0 aliphatic rings. The molecule has 0 atom stereocenters. The first-order chi connectivity index (χ1) is 9.80. The Morgan fingerprint density at radius 2 is 1.95 bits per heavy atom. The van der Waals surface area contributed by atoms with Crippen LogP contribution < -0.4 is 0 Å². The normalized spacial score (nSPS) is 11.9.